The summed E-state index contributed by atoms with van der Waals surface area (Å²) in [5, 5.41) is 0. The zero-order valence-electron chi connectivity index (χ0n) is 12.3. The Morgan fingerprint density at radius 2 is 0.579 bits per heavy atom. The van der Waals surface area contributed by atoms with E-state index in [-0.39, 0.29) is 29.6 Å². The third-order valence-corrected chi connectivity index (χ3v) is 0. The predicted molar refractivity (Wildman–Crippen MR) is 69.6 cm³/mol. The predicted octanol–water partition coefficient (Wildman–Crippen LogP) is -5.09. The summed E-state index contributed by atoms with van der Waals surface area (Å²) >= 11 is 6.54. The molecule has 0 bridgehead atoms. The van der Waals surface area contributed by atoms with Crippen molar-refractivity contribution in [2.75, 3.05) is 0 Å². The molecule has 0 radical (unpaired) electrons. The SMILES string of the molecule is CC(C)C.CC(C)C.[Na+].[O-]P([O-])([O-])=S.[O-]P([O-])([O-])=S. The summed E-state index contributed by atoms with van der Waals surface area (Å²) in [4.78, 5) is 53.5. The summed E-state index contributed by atoms with van der Waals surface area (Å²) in [6.45, 7) is 3.89. The number of hydrogen-bond donors (Lipinski definition) is 0. The first-order valence-corrected chi connectivity index (χ1v) is 10.0. The summed E-state index contributed by atoms with van der Waals surface area (Å²) < 4.78 is 0. The van der Waals surface area contributed by atoms with E-state index < -0.39 is 13.4 Å². The Morgan fingerprint density at radius 3 is 0.579 bits per heavy atom. The summed E-state index contributed by atoms with van der Waals surface area (Å²) in [5.74, 6) is 1.67. The van der Waals surface area contributed by atoms with Gasteiger partial charge in [-0.25, -0.2) is 0 Å². The van der Waals surface area contributed by atoms with Crippen LogP contribution in [0.4, 0.5) is 0 Å². The van der Waals surface area contributed by atoms with Crippen molar-refractivity contribution >= 4 is 37.1 Å². The average Bonchev–Trinajstić information content (AvgIpc) is 1.70. The molecule has 0 aliphatic heterocycles. The monoisotopic (exact) mass is 361 g/mol. The van der Waals surface area contributed by atoms with E-state index >= 15 is 0 Å². The van der Waals surface area contributed by atoms with Gasteiger partial charge in [0.25, 0.3) is 0 Å². The second kappa shape index (κ2) is 18.1. The van der Waals surface area contributed by atoms with Crippen LogP contribution in [0.3, 0.4) is 0 Å². The van der Waals surface area contributed by atoms with Crippen LogP contribution in [-0.4, -0.2) is 0 Å². The Morgan fingerprint density at radius 1 is 0.579 bits per heavy atom. The molecule has 0 fully saturated rings. The van der Waals surface area contributed by atoms with Crippen molar-refractivity contribution in [3.63, 3.8) is 0 Å². The molecule has 0 aliphatic rings. The van der Waals surface area contributed by atoms with Gasteiger partial charge in [0.05, 0.1) is 0 Å². The van der Waals surface area contributed by atoms with Gasteiger partial charge in [0.2, 0.25) is 0 Å². The molecule has 0 aromatic heterocycles. The molecule has 116 valence electrons. The van der Waals surface area contributed by atoms with E-state index in [1.165, 1.54) is 0 Å². The van der Waals surface area contributed by atoms with E-state index in [4.69, 9.17) is 29.4 Å². The van der Waals surface area contributed by atoms with Crippen molar-refractivity contribution in [3.8, 4) is 0 Å². The zero-order valence-corrected chi connectivity index (χ0v) is 17.7. The zero-order chi connectivity index (χ0) is 16.2. The van der Waals surface area contributed by atoms with Gasteiger partial charge in [-0.2, -0.15) is 23.6 Å². The fourth-order valence-electron chi connectivity index (χ4n) is 0. The van der Waals surface area contributed by atoms with Crippen LogP contribution >= 0.6 is 13.4 Å². The third kappa shape index (κ3) is 1540. The largest absolute Gasteiger partial charge is 1.00 e. The minimum atomic E-state index is -4.56. The van der Waals surface area contributed by atoms with E-state index in [0.717, 1.165) is 11.8 Å². The molecule has 6 nitrogen and oxygen atoms in total. The van der Waals surface area contributed by atoms with Crippen LogP contribution in [0.25, 0.3) is 0 Å². The van der Waals surface area contributed by atoms with Crippen molar-refractivity contribution in [1.29, 1.82) is 0 Å². The van der Waals surface area contributed by atoms with Crippen molar-refractivity contribution in [2.24, 2.45) is 11.8 Å². The summed E-state index contributed by atoms with van der Waals surface area (Å²) in [7, 11) is 0. The van der Waals surface area contributed by atoms with Gasteiger partial charge >= 0.3 is 29.6 Å². The Balaban J connectivity index is -0.0000000453. The Bertz CT molecular complexity index is 206. The average molecular weight is 361 g/mol. The number of rotatable bonds is 0. The molecule has 11 heteroatoms. The smallest absolute Gasteiger partial charge is 0.844 e. The summed E-state index contributed by atoms with van der Waals surface area (Å²) in [6, 6.07) is 0. The van der Waals surface area contributed by atoms with Gasteiger partial charge in [-0.1, -0.05) is 41.5 Å². The normalized spacial score (nSPS) is 10.0. The molecule has 0 aromatic carbocycles. The van der Waals surface area contributed by atoms with Gasteiger partial charge in [-0.05, 0) is 11.8 Å². The van der Waals surface area contributed by atoms with Crippen LogP contribution in [0.1, 0.15) is 41.5 Å². The van der Waals surface area contributed by atoms with Crippen molar-refractivity contribution < 1.29 is 58.9 Å². The van der Waals surface area contributed by atoms with Gasteiger partial charge in [-0.15, -0.1) is 0 Å². The maximum absolute atomic E-state index is 8.92. The second-order valence-electron chi connectivity index (χ2n) is 4.36. The standard InChI is InChI=1S/2C4H10.Na.2H3O3PS/c2*1-4(2)3;;2*1-4(2,3)5/h2*4H,1-3H3;;2*(H3,1,2,3,5)/q;;+1;;/p-6. The van der Waals surface area contributed by atoms with Gasteiger partial charge in [0.1, 0.15) is 0 Å². The maximum Gasteiger partial charge on any atom is 1.00 e. The van der Waals surface area contributed by atoms with Crippen LogP contribution in [0, 0.1) is 11.8 Å². The van der Waals surface area contributed by atoms with Gasteiger partial charge in [0, 0.05) is 0 Å². The fourth-order valence-corrected chi connectivity index (χ4v) is 0. The molecule has 0 unspecified atom stereocenters. The minimum absolute atomic E-state index is 0. The first kappa shape index (κ1) is 32.9. The second-order valence-corrected chi connectivity index (χ2v) is 8.83. The summed E-state index contributed by atoms with van der Waals surface area (Å²) in [5.41, 5.74) is 0. The molecule has 0 saturated carbocycles. The Hall–Kier alpha value is 2.06. The molecule has 0 saturated heterocycles. The quantitative estimate of drug-likeness (QED) is 0.308. The van der Waals surface area contributed by atoms with Crippen molar-refractivity contribution in [3.05, 3.63) is 0 Å². The van der Waals surface area contributed by atoms with E-state index in [9.17, 15) is 0 Å². The minimum Gasteiger partial charge on any atom is -0.844 e. The molecule has 0 aromatic rings. The van der Waals surface area contributed by atoms with Crippen LogP contribution in [0.5, 0.6) is 0 Å². The first-order valence-electron chi connectivity index (χ1n) is 4.92. The maximum atomic E-state index is 8.92. The van der Waals surface area contributed by atoms with Crippen LogP contribution in [-0.2, 0) is 23.6 Å². The molecule has 0 heterocycles. The van der Waals surface area contributed by atoms with Crippen molar-refractivity contribution in [1.82, 2.24) is 0 Å². The molecule has 0 N–H and O–H groups in total. The van der Waals surface area contributed by atoms with Crippen LogP contribution in [0.2, 0.25) is 0 Å². The van der Waals surface area contributed by atoms with E-state index in [1.54, 1.807) is 0 Å². The van der Waals surface area contributed by atoms with Gasteiger partial charge < -0.3 is 42.8 Å². The Kier molecular flexibility index (Phi) is 31.3. The van der Waals surface area contributed by atoms with Gasteiger partial charge in [0.15, 0.2) is 0 Å². The molecule has 0 amide bonds. The Labute approximate surface area is 148 Å². The van der Waals surface area contributed by atoms with Crippen LogP contribution in [0.15, 0.2) is 0 Å². The van der Waals surface area contributed by atoms with E-state index in [1.807, 2.05) is 0 Å². The third-order valence-electron chi connectivity index (χ3n) is 0. The summed E-state index contributed by atoms with van der Waals surface area (Å²) in [6.07, 6.45) is 0. The molecular weight excluding hydrogens is 341 g/mol. The van der Waals surface area contributed by atoms with E-state index in [2.05, 4.69) is 65.2 Å². The topological polar surface area (TPSA) is 138 Å². The molecule has 0 atom stereocenters. The molecule has 0 rings (SSSR count). The van der Waals surface area contributed by atoms with Crippen molar-refractivity contribution in [2.45, 2.75) is 41.5 Å². The van der Waals surface area contributed by atoms with E-state index in [0.29, 0.717) is 0 Å². The van der Waals surface area contributed by atoms with Crippen LogP contribution < -0.4 is 58.9 Å². The molecule has 19 heavy (non-hydrogen) atoms. The molecule has 0 aliphatic carbocycles. The molecular formula is C8H20NaO6P2S2-5. The first-order chi connectivity index (χ1) is 7.46. The molecule has 0 spiro atoms. The number of hydrogen-bond acceptors (Lipinski definition) is 8. The van der Waals surface area contributed by atoms with Gasteiger partial charge in [-0.3, -0.25) is 0 Å². The fraction of sp³-hybridized carbons (Fsp3) is 1.00.